The van der Waals surface area contributed by atoms with E-state index in [4.69, 9.17) is 4.74 Å². The average Bonchev–Trinajstić information content (AvgIpc) is 2.36. The Bertz CT molecular complexity index is 257. The lowest BCUT2D eigenvalue weighted by atomic mass is 9.81. The molecule has 0 aromatic rings. The fraction of sp³-hybridized carbons (Fsp3) is 0.923. The zero-order valence-electron chi connectivity index (χ0n) is 11.2. The molecule has 0 bridgehead atoms. The number of nitrogens with one attached hydrogen (secondary N) is 1. The molecule has 0 spiro atoms. The number of carbonyl (C=O) groups excluding carboxylic acids is 1. The van der Waals surface area contributed by atoms with Gasteiger partial charge in [0.2, 0.25) is 0 Å². The van der Waals surface area contributed by atoms with Crippen LogP contribution in [0.25, 0.3) is 0 Å². The van der Waals surface area contributed by atoms with Gasteiger partial charge in [-0.15, -0.1) is 0 Å². The van der Waals surface area contributed by atoms with Crippen molar-refractivity contribution < 1.29 is 14.6 Å². The second-order valence-electron chi connectivity index (χ2n) is 5.73. The summed E-state index contributed by atoms with van der Waals surface area (Å²) in [6.07, 6.45) is 5.50. The fourth-order valence-electron chi connectivity index (χ4n) is 2.38. The Labute approximate surface area is 104 Å². The molecule has 1 aliphatic carbocycles. The maximum Gasteiger partial charge on any atom is 0.312 e. The summed E-state index contributed by atoms with van der Waals surface area (Å²) in [4.78, 5) is 11.6. The van der Waals surface area contributed by atoms with Gasteiger partial charge in [0.1, 0.15) is 0 Å². The highest BCUT2D eigenvalue weighted by Gasteiger charge is 2.35. The second kappa shape index (κ2) is 5.83. The van der Waals surface area contributed by atoms with Crippen molar-refractivity contribution in [3.8, 4) is 0 Å². The van der Waals surface area contributed by atoms with Crippen LogP contribution in [-0.4, -0.2) is 36.9 Å². The van der Waals surface area contributed by atoms with Crippen molar-refractivity contribution in [3.63, 3.8) is 0 Å². The zero-order valence-corrected chi connectivity index (χ0v) is 11.2. The number of methoxy groups -OCH3 is 1. The van der Waals surface area contributed by atoms with E-state index in [1.165, 1.54) is 13.5 Å². The van der Waals surface area contributed by atoms with Crippen molar-refractivity contribution in [2.75, 3.05) is 20.3 Å². The van der Waals surface area contributed by atoms with Crippen LogP contribution in [-0.2, 0) is 9.53 Å². The predicted molar refractivity (Wildman–Crippen MR) is 66.7 cm³/mol. The molecule has 4 nitrogen and oxygen atoms in total. The van der Waals surface area contributed by atoms with Gasteiger partial charge in [0, 0.05) is 12.1 Å². The molecular weight excluding hydrogens is 218 g/mol. The van der Waals surface area contributed by atoms with Crippen molar-refractivity contribution in [3.05, 3.63) is 0 Å². The molecule has 0 aromatic carbocycles. The van der Waals surface area contributed by atoms with Gasteiger partial charge in [-0.1, -0.05) is 19.3 Å². The molecule has 0 heterocycles. The van der Waals surface area contributed by atoms with Crippen LogP contribution in [0.1, 0.15) is 46.0 Å². The first-order valence-corrected chi connectivity index (χ1v) is 6.40. The monoisotopic (exact) mass is 243 g/mol. The Morgan fingerprint density at radius 2 is 1.94 bits per heavy atom. The van der Waals surface area contributed by atoms with E-state index in [9.17, 15) is 9.90 Å². The molecule has 0 unspecified atom stereocenters. The molecule has 1 aliphatic rings. The van der Waals surface area contributed by atoms with E-state index in [1.54, 1.807) is 0 Å². The van der Waals surface area contributed by atoms with Crippen molar-refractivity contribution in [1.82, 2.24) is 5.32 Å². The van der Waals surface area contributed by atoms with Gasteiger partial charge in [0.25, 0.3) is 0 Å². The van der Waals surface area contributed by atoms with Crippen LogP contribution >= 0.6 is 0 Å². The van der Waals surface area contributed by atoms with Gasteiger partial charge >= 0.3 is 5.97 Å². The number of rotatable bonds is 5. The highest BCUT2D eigenvalue weighted by atomic mass is 16.5. The normalized spacial score (nSPS) is 20.0. The predicted octanol–water partition coefficient (Wildman–Crippen LogP) is 1.47. The highest BCUT2D eigenvalue weighted by molar-refractivity contribution is 5.76. The van der Waals surface area contributed by atoms with Crippen LogP contribution in [0, 0.1) is 5.41 Å². The summed E-state index contributed by atoms with van der Waals surface area (Å²) in [5.74, 6) is -0.214. The molecule has 100 valence electrons. The molecule has 0 atom stereocenters. The molecule has 1 saturated carbocycles. The lowest BCUT2D eigenvalue weighted by molar-refractivity contribution is -0.150. The first-order chi connectivity index (χ1) is 7.96. The third-order valence-electron chi connectivity index (χ3n) is 3.76. The van der Waals surface area contributed by atoms with Gasteiger partial charge in [-0.2, -0.15) is 0 Å². The molecule has 17 heavy (non-hydrogen) atoms. The van der Waals surface area contributed by atoms with E-state index in [0.717, 1.165) is 25.7 Å². The number of ether oxygens (including phenoxy) is 1. The van der Waals surface area contributed by atoms with E-state index in [1.807, 2.05) is 13.8 Å². The standard InChI is InChI=1S/C13H25NO3/c1-12(2,11(16)17-3)9-14-13(10-15)7-5-4-6-8-13/h14-15H,4-10H2,1-3H3. The van der Waals surface area contributed by atoms with E-state index in [2.05, 4.69) is 5.32 Å². The SMILES string of the molecule is COC(=O)C(C)(C)CNC1(CO)CCCCC1. The topological polar surface area (TPSA) is 58.6 Å². The highest BCUT2D eigenvalue weighted by Crippen LogP contribution is 2.29. The first-order valence-electron chi connectivity index (χ1n) is 6.40. The Hall–Kier alpha value is -0.610. The van der Waals surface area contributed by atoms with E-state index >= 15 is 0 Å². The summed E-state index contributed by atoms with van der Waals surface area (Å²) in [7, 11) is 1.41. The number of esters is 1. The number of aliphatic hydroxyl groups is 1. The van der Waals surface area contributed by atoms with Gasteiger partial charge in [-0.05, 0) is 26.7 Å². The van der Waals surface area contributed by atoms with Crippen molar-refractivity contribution in [1.29, 1.82) is 0 Å². The smallest absolute Gasteiger partial charge is 0.312 e. The average molecular weight is 243 g/mol. The van der Waals surface area contributed by atoms with Gasteiger partial charge in [-0.3, -0.25) is 4.79 Å². The van der Waals surface area contributed by atoms with Crippen LogP contribution in [0.4, 0.5) is 0 Å². The lowest BCUT2D eigenvalue weighted by Crippen LogP contribution is -2.53. The summed E-state index contributed by atoms with van der Waals surface area (Å²) >= 11 is 0. The quantitative estimate of drug-likeness (QED) is 0.718. The Kier molecular flexibility index (Phi) is 4.95. The molecule has 0 saturated heterocycles. The summed E-state index contributed by atoms with van der Waals surface area (Å²) < 4.78 is 4.78. The van der Waals surface area contributed by atoms with E-state index in [-0.39, 0.29) is 18.1 Å². The third kappa shape index (κ3) is 3.68. The summed E-state index contributed by atoms with van der Waals surface area (Å²) in [5, 5.41) is 12.9. The molecule has 1 fully saturated rings. The first kappa shape index (κ1) is 14.5. The van der Waals surface area contributed by atoms with Gasteiger partial charge in [0.15, 0.2) is 0 Å². The molecule has 0 radical (unpaired) electrons. The van der Waals surface area contributed by atoms with Crippen molar-refractivity contribution in [2.24, 2.45) is 5.41 Å². The maximum atomic E-state index is 11.6. The molecule has 0 aromatic heterocycles. The lowest BCUT2D eigenvalue weighted by Gasteiger charge is -2.38. The van der Waals surface area contributed by atoms with Crippen molar-refractivity contribution in [2.45, 2.75) is 51.5 Å². The van der Waals surface area contributed by atoms with E-state index in [0.29, 0.717) is 6.54 Å². The Morgan fingerprint density at radius 1 is 1.35 bits per heavy atom. The molecule has 2 N–H and O–H groups in total. The minimum atomic E-state index is -0.547. The van der Waals surface area contributed by atoms with Crippen molar-refractivity contribution >= 4 is 5.97 Å². The van der Waals surface area contributed by atoms with Gasteiger partial charge in [0.05, 0.1) is 19.1 Å². The largest absolute Gasteiger partial charge is 0.469 e. The molecule has 4 heteroatoms. The van der Waals surface area contributed by atoms with Crippen LogP contribution in [0.3, 0.4) is 0 Å². The Balaban J connectivity index is 2.55. The van der Waals surface area contributed by atoms with Gasteiger partial charge < -0.3 is 15.2 Å². The second-order valence-corrected chi connectivity index (χ2v) is 5.73. The summed E-state index contributed by atoms with van der Waals surface area (Å²) in [6.45, 7) is 4.41. The Morgan fingerprint density at radius 3 is 2.41 bits per heavy atom. The molecule has 1 rings (SSSR count). The minimum Gasteiger partial charge on any atom is -0.469 e. The maximum absolute atomic E-state index is 11.6. The van der Waals surface area contributed by atoms with Crippen LogP contribution < -0.4 is 5.32 Å². The minimum absolute atomic E-state index is 0.143. The third-order valence-corrected chi connectivity index (χ3v) is 3.76. The summed E-state index contributed by atoms with van der Waals surface area (Å²) in [6, 6.07) is 0. The van der Waals surface area contributed by atoms with Crippen LogP contribution in [0.15, 0.2) is 0 Å². The number of aliphatic hydroxyl groups excluding tert-OH is 1. The van der Waals surface area contributed by atoms with E-state index < -0.39 is 5.41 Å². The number of hydrogen-bond acceptors (Lipinski definition) is 4. The molecule has 0 aliphatic heterocycles. The van der Waals surface area contributed by atoms with Crippen LogP contribution in [0.5, 0.6) is 0 Å². The van der Waals surface area contributed by atoms with Gasteiger partial charge in [-0.25, -0.2) is 0 Å². The number of hydrogen-bond donors (Lipinski definition) is 2. The zero-order chi connectivity index (χ0) is 12.9. The number of carbonyl (C=O) groups is 1. The van der Waals surface area contributed by atoms with Crippen LogP contribution in [0.2, 0.25) is 0 Å². The summed E-state index contributed by atoms with van der Waals surface area (Å²) in [5.41, 5.74) is -0.738. The molecule has 0 amide bonds. The fourth-order valence-corrected chi connectivity index (χ4v) is 2.38. The molecular formula is C13H25NO3.